The standard InChI is InChI=1S/C15H14N2O6S/c1-8-9(2)16-23-14(8)17-12(15(19)22-3)13(18)10-6-4-5-7-11(10)24(17,20)21/h4-7,18H,1-3H3. The van der Waals surface area contributed by atoms with Gasteiger partial charge in [-0.2, -0.15) is 4.31 Å². The first-order chi connectivity index (χ1) is 11.3. The van der Waals surface area contributed by atoms with Gasteiger partial charge >= 0.3 is 5.97 Å². The van der Waals surface area contributed by atoms with Gasteiger partial charge in [-0.25, -0.2) is 13.2 Å². The first-order valence-electron chi connectivity index (χ1n) is 6.90. The number of aryl methyl sites for hydroxylation is 1. The quantitative estimate of drug-likeness (QED) is 0.824. The summed E-state index contributed by atoms with van der Waals surface area (Å²) in [4.78, 5) is 12.0. The lowest BCUT2D eigenvalue weighted by Crippen LogP contribution is -2.38. The zero-order valence-electron chi connectivity index (χ0n) is 13.1. The molecule has 0 saturated heterocycles. The van der Waals surface area contributed by atoms with Crippen molar-refractivity contribution in [2.24, 2.45) is 0 Å². The first kappa shape index (κ1) is 16.1. The van der Waals surface area contributed by atoms with E-state index < -0.39 is 27.4 Å². The van der Waals surface area contributed by atoms with Crippen LogP contribution in [0.4, 0.5) is 5.88 Å². The smallest absolute Gasteiger partial charge is 0.359 e. The van der Waals surface area contributed by atoms with Crippen LogP contribution in [0.25, 0.3) is 5.76 Å². The highest BCUT2D eigenvalue weighted by Crippen LogP contribution is 2.40. The molecule has 0 spiro atoms. The van der Waals surface area contributed by atoms with Crippen LogP contribution in [0.15, 0.2) is 39.4 Å². The Labute approximate surface area is 138 Å². The minimum Gasteiger partial charge on any atom is -0.505 e. The SMILES string of the molecule is COC(=O)C1=C(O)c2ccccc2S(=O)(=O)N1c1onc(C)c1C. The molecule has 24 heavy (non-hydrogen) atoms. The van der Waals surface area contributed by atoms with E-state index in [9.17, 15) is 18.3 Å². The van der Waals surface area contributed by atoms with E-state index in [2.05, 4.69) is 9.89 Å². The summed E-state index contributed by atoms with van der Waals surface area (Å²) in [6.07, 6.45) is 0. The van der Waals surface area contributed by atoms with E-state index in [1.165, 1.54) is 18.2 Å². The van der Waals surface area contributed by atoms with E-state index >= 15 is 0 Å². The second-order valence-corrected chi connectivity index (χ2v) is 6.91. The van der Waals surface area contributed by atoms with Gasteiger partial charge in [0, 0.05) is 11.1 Å². The monoisotopic (exact) mass is 350 g/mol. The van der Waals surface area contributed by atoms with Crippen LogP contribution >= 0.6 is 0 Å². The number of nitrogens with zero attached hydrogens (tertiary/aromatic N) is 2. The van der Waals surface area contributed by atoms with Gasteiger partial charge in [0.1, 0.15) is 0 Å². The maximum atomic E-state index is 13.0. The highest BCUT2D eigenvalue weighted by molar-refractivity contribution is 7.93. The maximum absolute atomic E-state index is 13.0. The lowest BCUT2D eigenvalue weighted by atomic mass is 10.1. The van der Waals surface area contributed by atoms with Crippen LogP contribution in [0.3, 0.4) is 0 Å². The maximum Gasteiger partial charge on any atom is 0.359 e. The highest BCUT2D eigenvalue weighted by Gasteiger charge is 2.44. The molecule has 0 aliphatic carbocycles. The third-order valence-electron chi connectivity index (χ3n) is 3.78. The number of sulfonamides is 1. The number of hydrogen-bond donors (Lipinski definition) is 1. The molecule has 2 heterocycles. The molecular formula is C15H14N2O6S. The lowest BCUT2D eigenvalue weighted by molar-refractivity contribution is -0.136. The van der Waals surface area contributed by atoms with Crippen molar-refractivity contribution >= 4 is 27.6 Å². The van der Waals surface area contributed by atoms with E-state index in [1.807, 2.05) is 0 Å². The predicted octanol–water partition coefficient (Wildman–Crippen LogP) is 1.90. The Kier molecular flexibility index (Phi) is 3.60. The third-order valence-corrected chi connectivity index (χ3v) is 5.52. The number of anilines is 1. The summed E-state index contributed by atoms with van der Waals surface area (Å²) in [6.45, 7) is 3.23. The molecule has 0 saturated carbocycles. The van der Waals surface area contributed by atoms with Crippen molar-refractivity contribution in [3.8, 4) is 0 Å². The first-order valence-corrected chi connectivity index (χ1v) is 8.34. The van der Waals surface area contributed by atoms with E-state index in [0.717, 1.165) is 7.11 Å². The van der Waals surface area contributed by atoms with Gasteiger partial charge in [-0.05, 0) is 26.0 Å². The third kappa shape index (κ3) is 2.08. The lowest BCUT2D eigenvalue weighted by Gasteiger charge is -2.28. The van der Waals surface area contributed by atoms with E-state index in [-0.39, 0.29) is 16.3 Å². The molecule has 3 rings (SSSR count). The van der Waals surface area contributed by atoms with Crippen LogP contribution < -0.4 is 4.31 Å². The van der Waals surface area contributed by atoms with E-state index in [4.69, 9.17) is 4.52 Å². The number of benzene rings is 1. The molecule has 1 aliphatic rings. The number of ether oxygens (including phenoxy) is 1. The molecule has 0 amide bonds. The number of aliphatic hydroxyl groups is 1. The fourth-order valence-electron chi connectivity index (χ4n) is 2.41. The number of fused-ring (bicyclic) bond motifs is 1. The minimum absolute atomic E-state index is 0.0167. The van der Waals surface area contributed by atoms with Gasteiger partial charge in [-0.15, -0.1) is 0 Å². The zero-order chi connectivity index (χ0) is 17.6. The molecule has 9 heteroatoms. The molecule has 0 radical (unpaired) electrons. The van der Waals surface area contributed by atoms with E-state index in [0.29, 0.717) is 15.6 Å². The highest BCUT2D eigenvalue weighted by atomic mass is 32.2. The van der Waals surface area contributed by atoms with Crippen molar-refractivity contribution < 1.29 is 27.6 Å². The van der Waals surface area contributed by atoms with Crippen molar-refractivity contribution in [3.63, 3.8) is 0 Å². The van der Waals surface area contributed by atoms with E-state index in [1.54, 1.807) is 19.9 Å². The molecule has 1 aromatic carbocycles. The number of esters is 1. The summed E-state index contributed by atoms with van der Waals surface area (Å²) in [6, 6.07) is 5.81. The van der Waals surface area contributed by atoms with Crippen LogP contribution in [0.2, 0.25) is 0 Å². The van der Waals surface area contributed by atoms with Crippen LogP contribution in [-0.2, 0) is 19.6 Å². The molecule has 8 nitrogen and oxygen atoms in total. The van der Waals surface area contributed by atoms with Crippen LogP contribution in [0.5, 0.6) is 0 Å². The molecule has 1 aliphatic heterocycles. The normalized spacial score (nSPS) is 16.0. The molecule has 0 bridgehead atoms. The average molecular weight is 350 g/mol. The number of aromatic nitrogens is 1. The van der Waals surface area contributed by atoms with Gasteiger partial charge in [0.25, 0.3) is 10.0 Å². The Morgan fingerprint density at radius 3 is 2.54 bits per heavy atom. The van der Waals surface area contributed by atoms with Crippen molar-refractivity contribution in [3.05, 3.63) is 46.8 Å². The second-order valence-electron chi connectivity index (χ2n) is 5.15. The number of rotatable bonds is 2. The molecule has 126 valence electrons. The van der Waals surface area contributed by atoms with Gasteiger partial charge in [-0.3, -0.25) is 0 Å². The second kappa shape index (κ2) is 5.38. The van der Waals surface area contributed by atoms with Crippen molar-refractivity contribution in [1.29, 1.82) is 0 Å². The van der Waals surface area contributed by atoms with Crippen molar-refractivity contribution in [2.75, 3.05) is 11.4 Å². The van der Waals surface area contributed by atoms with Gasteiger partial charge in [-0.1, -0.05) is 17.3 Å². The van der Waals surface area contributed by atoms with Crippen LogP contribution in [-0.4, -0.2) is 31.8 Å². The summed E-state index contributed by atoms with van der Waals surface area (Å²) in [7, 11) is -3.11. The van der Waals surface area contributed by atoms with Crippen molar-refractivity contribution in [1.82, 2.24) is 5.16 Å². The summed E-state index contributed by atoms with van der Waals surface area (Å²) in [5, 5.41) is 14.2. The summed E-state index contributed by atoms with van der Waals surface area (Å²) < 4.78 is 36.4. The fraction of sp³-hybridized carbons (Fsp3) is 0.200. The average Bonchev–Trinajstić information content (AvgIpc) is 2.89. The Hall–Kier alpha value is -2.81. The Morgan fingerprint density at radius 2 is 1.96 bits per heavy atom. The van der Waals surface area contributed by atoms with Gasteiger partial charge in [0.05, 0.1) is 17.7 Å². The van der Waals surface area contributed by atoms with Gasteiger partial charge < -0.3 is 14.4 Å². The topological polar surface area (TPSA) is 110 Å². The Bertz CT molecular complexity index is 974. The number of aliphatic hydroxyl groups excluding tert-OH is 1. The van der Waals surface area contributed by atoms with Crippen molar-refractivity contribution in [2.45, 2.75) is 18.7 Å². The predicted molar refractivity (Wildman–Crippen MR) is 83.6 cm³/mol. The van der Waals surface area contributed by atoms with Crippen LogP contribution in [0.1, 0.15) is 16.8 Å². The Morgan fingerprint density at radius 1 is 1.29 bits per heavy atom. The number of hydrogen-bond acceptors (Lipinski definition) is 7. The number of carbonyl (C=O) groups excluding carboxylic acids is 1. The number of carbonyl (C=O) groups is 1. The molecule has 2 aromatic rings. The summed E-state index contributed by atoms with van der Waals surface area (Å²) in [5.74, 6) is -1.70. The van der Waals surface area contributed by atoms with Crippen LogP contribution in [0, 0.1) is 13.8 Å². The minimum atomic E-state index is -4.20. The van der Waals surface area contributed by atoms with Gasteiger partial charge in [0.2, 0.25) is 5.88 Å². The molecular weight excluding hydrogens is 336 g/mol. The molecule has 1 aromatic heterocycles. The number of methoxy groups -OCH3 is 1. The molecule has 0 unspecified atom stereocenters. The summed E-state index contributed by atoms with van der Waals surface area (Å²) in [5.41, 5.74) is 0.355. The zero-order valence-corrected chi connectivity index (χ0v) is 13.9. The summed E-state index contributed by atoms with van der Waals surface area (Å²) >= 11 is 0. The molecule has 0 fully saturated rings. The largest absolute Gasteiger partial charge is 0.505 e. The van der Waals surface area contributed by atoms with Gasteiger partial charge in [0.15, 0.2) is 11.5 Å². The fourth-order valence-corrected chi connectivity index (χ4v) is 4.09. The molecule has 0 atom stereocenters. The molecule has 1 N–H and O–H groups in total. The Balaban J connectivity index is 2.40.